The molecule has 0 heterocycles. The predicted molar refractivity (Wildman–Crippen MR) is 136 cm³/mol. The van der Waals surface area contributed by atoms with E-state index in [4.69, 9.17) is 23.2 Å². The van der Waals surface area contributed by atoms with Crippen molar-refractivity contribution in [2.45, 2.75) is 33.4 Å². The third kappa shape index (κ3) is 6.21. The van der Waals surface area contributed by atoms with E-state index in [1.807, 2.05) is 13.0 Å². The quantitative estimate of drug-likeness (QED) is 0.540. The van der Waals surface area contributed by atoms with E-state index in [2.05, 4.69) is 5.32 Å². The smallest absolute Gasteiger partial charge is 0.304 e. The van der Waals surface area contributed by atoms with Crippen LogP contribution in [0.1, 0.15) is 23.6 Å². The van der Waals surface area contributed by atoms with Crippen LogP contribution in [0.15, 0.2) is 36.4 Å². The Morgan fingerprint density at radius 1 is 1.06 bits per heavy atom. The molecular formula is C23H30Cl2N4O4S. The van der Waals surface area contributed by atoms with Crippen molar-refractivity contribution in [1.82, 2.24) is 14.5 Å². The summed E-state index contributed by atoms with van der Waals surface area (Å²) in [5.74, 6) is -0.997. The summed E-state index contributed by atoms with van der Waals surface area (Å²) in [5, 5.41) is 3.20. The number of aryl methyl sites for hydroxylation is 2. The highest BCUT2D eigenvalue weighted by Crippen LogP contribution is 2.28. The topological polar surface area (TPSA) is 90.0 Å². The molecule has 1 N–H and O–H groups in total. The summed E-state index contributed by atoms with van der Waals surface area (Å²) < 4.78 is 28.6. The maximum absolute atomic E-state index is 13.6. The molecule has 0 aromatic heterocycles. The second kappa shape index (κ2) is 11.4. The molecule has 1 atom stereocenters. The number of benzene rings is 2. The Kier molecular flexibility index (Phi) is 9.36. The molecule has 0 bridgehead atoms. The van der Waals surface area contributed by atoms with Crippen molar-refractivity contribution in [3.05, 3.63) is 63.1 Å². The second-order valence-corrected chi connectivity index (χ2v) is 11.0. The van der Waals surface area contributed by atoms with E-state index in [9.17, 15) is 18.0 Å². The lowest BCUT2D eigenvalue weighted by molar-refractivity contribution is -0.139. The van der Waals surface area contributed by atoms with E-state index < -0.39 is 34.6 Å². The Morgan fingerprint density at radius 3 is 2.18 bits per heavy atom. The zero-order valence-electron chi connectivity index (χ0n) is 20.1. The van der Waals surface area contributed by atoms with Gasteiger partial charge >= 0.3 is 10.2 Å². The first-order chi connectivity index (χ1) is 15.8. The van der Waals surface area contributed by atoms with Crippen LogP contribution in [0.25, 0.3) is 0 Å². The van der Waals surface area contributed by atoms with Gasteiger partial charge in [0.2, 0.25) is 11.8 Å². The number of carbonyl (C=O) groups is 2. The number of nitrogens with one attached hydrogen (secondary N) is 1. The first-order valence-corrected chi connectivity index (χ1v) is 12.7. The Balaban J connectivity index is 2.56. The monoisotopic (exact) mass is 528 g/mol. The first-order valence-electron chi connectivity index (χ1n) is 10.5. The number of likely N-dealkylation sites (N-methyl/N-ethyl adjacent to an activating group) is 1. The summed E-state index contributed by atoms with van der Waals surface area (Å²) in [4.78, 5) is 27.4. The molecule has 2 aromatic rings. The third-order valence-corrected chi connectivity index (χ3v) is 7.97. The molecule has 0 spiro atoms. The molecule has 2 rings (SSSR count). The molecule has 0 saturated heterocycles. The molecule has 0 aliphatic heterocycles. The summed E-state index contributed by atoms with van der Waals surface area (Å²) in [7, 11) is 0.218. The zero-order chi connectivity index (χ0) is 25.8. The number of nitrogens with zero attached hydrogens (tertiary/aromatic N) is 3. The van der Waals surface area contributed by atoms with Crippen molar-refractivity contribution in [3.63, 3.8) is 0 Å². The highest BCUT2D eigenvalue weighted by Gasteiger charge is 2.33. The number of halogens is 2. The van der Waals surface area contributed by atoms with E-state index in [0.29, 0.717) is 26.9 Å². The van der Waals surface area contributed by atoms with Gasteiger partial charge in [-0.15, -0.1) is 0 Å². The number of amides is 2. The maximum atomic E-state index is 13.6. The molecule has 2 aromatic carbocycles. The molecule has 11 heteroatoms. The van der Waals surface area contributed by atoms with Crippen molar-refractivity contribution < 1.29 is 18.0 Å². The van der Waals surface area contributed by atoms with E-state index in [1.165, 1.54) is 26.0 Å². The SMILES string of the molecule is CNC(=O)[C@H](C)N(Cc1c(Cl)cccc1Cl)C(=O)CN(c1cc(C)ccc1C)S(=O)(=O)N(C)C. The third-order valence-electron chi connectivity index (χ3n) is 5.46. The minimum Gasteiger partial charge on any atom is -0.357 e. The fraction of sp³-hybridized carbons (Fsp3) is 0.391. The van der Waals surface area contributed by atoms with Gasteiger partial charge in [0.1, 0.15) is 12.6 Å². The van der Waals surface area contributed by atoms with Crippen LogP contribution in [-0.4, -0.2) is 63.2 Å². The summed E-state index contributed by atoms with van der Waals surface area (Å²) in [6.07, 6.45) is 0. The van der Waals surface area contributed by atoms with Crippen molar-refractivity contribution >= 4 is 50.9 Å². The van der Waals surface area contributed by atoms with Crippen LogP contribution in [0.5, 0.6) is 0 Å². The van der Waals surface area contributed by atoms with Gasteiger partial charge in [-0.3, -0.25) is 9.59 Å². The average molecular weight is 529 g/mol. The summed E-state index contributed by atoms with van der Waals surface area (Å²) in [6.45, 7) is 4.57. The lowest BCUT2D eigenvalue weighted by atomic mass is 10.1. The molecule has 0 aliphatic rings. The first kappa shape index (κ1) is 27.9. The number of hydrogen-bond acceptors (Lipinski definition) is 4. The van der Waals surface area contributed by atoms with Gasteiger partial charge in [0.15, 0.2) is 0 Å². The van der Waals surface area contributed by atoms with Crippen LogP contribution in [0.3, 0.4) is 0 Å². The van der Waals surface area contributed by atoms with Gasteiger partial charge in [-0.1, -0.05) is 41.4 Å². The lowest BCUT2D eigenvalue weighted by Gasteiger charge is -2.33. The van der Waals surface area contributed by atoms with E-state index >= 15 is 0 Å². The van der Waals surface area contributed by atoms with Crippen LogP contribution >= 0.6 is 23.2 Å². The Bertz CT molecular complexity index is 1150. The van der Waals surface area contributed by atoms with Gasteiger partial charge < -0.3 is 10.2 Å². The predicted octanol–water partition coefficient (Wildman–Crippen LogP) is 3.39. The Morgan fingerprint density at radius 2 is 1.65 bits per heavy atom. The van der Waals surface area contributed by atoms with Crippen molar-refractivity contribution in [2.75, 3.05) is 32.0 Å². The van der Waals surface area contributed by atoms with Crippen molar-refractivity contribution in [1.29, 1.82) is 0 Å². The summed E-state index contributed by atoms with van der Waals surface area (Å²) in [6, 6.07) is 9.40. The van der Waals surface area contributed by atoms with Gasteiger partial charge in [0.25, 0.3) is 0 Å². The van der Waals surface area contributed by atoms with Crippen LogP contribution < -0.4 is 9.62 Å². The van der Waals surface area contributed by atoms with Gasteiger partial charge in [-0.25, -0.2) is 4.31 Å². The lowest BCUT2D eigenvalue weighted by Crippen LogP contribution is -2.52. The standard InChI is InChI=1S/C23H30Cl2N4O4S/c1-15-10-11-16(2)21(12-15)29(34(32,33)27(5)6)14-22(30)28(17(3)23(31)26-4)13-18-19(24)8-7-9-20(18)25/h7-12,17H,13-14H2,1-6H3,(H,26,31)/t17-/m0/s1. The number of carbonyl (C=O) groups excluding carboxylic acids is 2. The Hall–Kier alpha value is -2.33. The van der Waals surface area contributed by atoms with Gasteiger partial charge in [0, 0.05) is 43.3 Å². The fourth-order valence-electron chi connectivity index (χ4n) is 3.34. The molecule has 34 heavy (non-hydrogen) atoms. The summed E-state index contributed by atoms with van der Waals surface area (Å²) in [5.41, 5.74) is 2.36. The second-order valence-electron chi connectivity index (χ2n) is 8.10. The molecule has 2 amide bonds. The molecule has 0 fully saturated rings. The average Bonchev–Trinajstić information content (AvgIpc) is 2.77. The highest BCUT2D eigenvalue weighted by molar-refractivity contribution is 7.90. The Labute approximate surface area is 211 Å². The highest BCUT2D eigenvalue weighted by atomic mass is 35.5. The normalized spacial score (nSPS) is 12.4. The largest absolute Gasteiger partial charge is 0.357 e. The van der Waals surface area contributed by atoms with Crippen LogP contribution in [-0.2, 0) is 26.3 Å². The number of hydrogen-bond donors (Lipinski definition) is 1. The van der Waals surface area contributed by atoms with Gasteiger partial charge in [0.05, 0.1) is 5.69 Å². The minimum atomic E-state index is -4.03. The maximum Gasteiger partial charge on any atom is 0.304 e. The molecular weight excluding hydrogens is 499 g/mol. The van der Waals surface area contributed by atoms with Crippen molar-refractivity contribution in [2.24, 2.45) is 0 Å². The number of anilines is 1. The van der Waals surface area contributed by atoms with E-state index in [-0.39, 0.29) is 6.54 Å². The summed E-state index contributed by atoms with van der Waals surface area (Å²) >= 11 is 12.6. The van der Waals surface area contributed by atoms with E-state index in [0.717, 1.165) is 14.2 Å². The minimum absolute atomic E-state index is 0.0748. The van der Waals surface area contributed by atoms with Crippen LogP contribution in [0, 0.1) is 13.8 Å². The molecule has 8 nitrogen and oxygen atoms in total. The molecule has 0 saturated carbocycles. The zero-order valence-corrected chi connectivity index (χ0v) is 22.4. The molecule has 0 unspecified atom stereocenters. The van der Waals surface area contributed by atoms with Crippen LogP contribution in [0.2, 0.25) is 10.0 Å². The van der Waals surface area contributed by atoms with Gasteiger partial charge in [-0.2, -0.15) is 12.7 Å². The molecule has 0 aliphatic carbocycles. The molecule has 186 valence electrons. The van der Waals surface area contributed by atoms with E-state index in [1.54, 1.807) is 44.2 Å². The van der Waals surface area contributed by atoms with Crippen molar-refractivity contribution in [3.8, 4) is 0 Å². The molecule has 0 radical (unpaired) electrons. The van der Waals surface area contributed by atoms with Gasteiger partial charge in [-0.05, 0) is 50.1 Å². The fourth-order valence-corrected chi connectivity index (χ4v) is 4.97. The number of rotatable bonds is 9. The van der Waals surface area contributed by atoms with Crippen LogP contribution in [0.4, 0.5) is 5.69 Å².